The van der Waals surface area contributed by atoms with E-state index in [1.54, 1.807) is 12.1 Å². The lowest BCUT2D eigenvalue weighted by atomic mass is 10.2. The Balaban J connectivity index is 2.12. The van der Waals surface area contributed by atoms with E-state index in [0.717, 1.165) is 5.69 Å². The fourth-order valence-corrected chi connectivity index (χ4v) is 2.06. The lowest BCUT2D eigenvalue weighted by Gasteiger charge is -2.08. The zero-order valence-corrected chi connectivity index (χ0v) is 12.4. The van der Waals surface area contributed by atoms with Gasteiger partial charge in [-0.25, -0.2) is 0 Å². The summed E-state index contributed by atoms with van der Waals surface area (Å²) in [6.45, 7) is 0.155. The third kappa shape index (κ3) is 3.48. The van der Waals surface area contributed by atoms with Gasteiger partial charge >= 0.3 is 0 Å². The third-order valence-corrected chi connectivity index (χ3v) is 3.27. The van der Waals surface area contributed by atoms with Gasteiger partial charge in [-0.15, -0.1) is 0 Å². The standard InChI is InChI=1S/C14H13BrN2O3/c1-16-12-4-6-13(7-5-12)20-9-10-2-3-11(15)8-14(10)17(18)19/h2-8,16H,9H2,1H3. The Kier molecular flexibility index (Phi) is 4.57. The van der Waals surface area contributed by atoms with Crippen LogP contribution < -0.4 is 10.1 Å². The lowest BCUT2D eigenvalue weighted by molar-refractivity contribution is -0.385. The van der Waals surface area contributed by atoms with Crippen molar-refractivity contribution in [2.24, 2.45) is 0 Å². The molecular formula is C14H13BrN2O3. The molecule has 1 N–H and O–H groups in total. The number of hydrogen-bond acceptors (Lipinski definition) is 4. The van der Waals surface area contributed by atoms with Crippen molar-refractivity contribution in [2.45, 2.75) is 6.61 Å². The van der Waals surface area contributed by atoms with Crippen LogP contribution in [0.1, 0.15) is 5.56 Å². The summed E-state index contributed by atoms with van der Waals surface area (Å²) in [5.41, 5.74) is 1.56. The van der Waals surface area contributed by atoms with Crippen LogP contribution >= 0.6 is 15.9 Å². The Bertz CT molecular complexity index is 614. The predicted molar refractivity (Wildman–Crippen MR) is 81.1 cm³/mol. The second-order valence-electron chi connectivity index (χ2n) is 4.09. The minimum Gasteiger partial charge on any atom is -0.489 e. The van der Waals surface area contributed by atoms with E-state index in [2.05, 4.69) is 21.2 Å². The summed E-state index contributed by atoms with van der Waals surface area (Å²) in [5.74, 6) is 0.668. The quantitative estimate of drug-likeness (QED) is 0.662. The molecule has 0 heterocycles. The van der Waals surface area contributed by atoms with Crippen molar-refractivity contribution >= 4 is 27.3 Å². The summed E-state index contributed by atoms with van der Waals surface area (Å²) in [6.07, 6.45) is 0. The summed E-state index contributed by atoms with van der Waals surface area (Å²) >= 11 is 3.22. The van der Waals surface area contributed by atoms with Crippen LogP contribution in [0.25, 0.3) is 0 Å². The van der Waals surface area contributed by atoms with Gasteiger partial charge in [0.25, 0.3) is 5.69 Å². The predicted octanol–water partition coefficient (Wildman–Crippen LogP) is 3.98. The van der Waals surface area contributed by atoms with Gasteiger partial charge in [-0.2, -0.15) is 0 Å². The normalized spacial score (nSPS) is 10.1. The highest BCUT2D eigenvalue weighted by atomic mass is 79.9. The molecule has 20 heavy (non-hydrogen) atoms. The van der Waals surface area contributed by atoms with Crippen LogP contribution in [0.5, 0.6) is 5.75 Å². The maximum absolute atomic E-state index is 11.0. The number of nitrogens with one attached hydrogen (secondary N) is 1. The molecule has 0 saturated carbocycles. The van der Waals surface area contributed by atoms with E-state index in [9.17, 15) is 10.1 Å². The van der Waals surface area contributed by atoms with Gasteiger partial charge in [0.1, 0.15) is 12.4 Å². The molecule has 0 aliphatic carbocycles. The van der Waals surface area contributed by atoms with E-state index >= 15 is 0 Å². The summed E-state index contributed by atoms with van der Waals surface area (Å²) in [4.78, 5) is 10.6. The molecule has 2 aromatic rings. The fraction of sp³-hybridized carbons (Fsp3) is 0.143. The summed E-state index contributed by atoms with van der Waals surface area (Å²) in [5, 5.41) is 14.0. The van der Waals surface area contributed by atoms with Gasteiger partial charge in [-0.05, 0) is 36.4 Å². The summed E-state index contributed by atoms with van der Waals surface area (Å²) in [7, 11) is 1.83. The third-order valence-electron chi connectivity index (χ3n) is 2.78. The summed E-state index contributed by atoms with van der Waals surface area (Å²) < 4.78 is 6.25. The topological polar surface area (TPSA) is 64.4 Å². The molecule has 0 fully saturated rings. The Labute approximate surface area is 124 Å². The van der Waals surface area contributed by atoms with Crippen LogP contribution in [0.15, 0.2) is 46.9 Å². The smallest absolute Gasteiger partial charge is 0.277 e. The number of ether oxygens (including phenoxy) is 1. The Morgan fingerprint density at radius 1 is 1.25 bits per heavy atom. The van der Waals surface area contributed by atoms with Crippen molar-refractivity contribution in [3.05, 3.63) is 62.6 Å². The van der Waals surface area contributed by atoms with E-state index in [4.69, 9.17) is 4.74 Å². The number of hydrogen-bond donors (Lipinski definition) is 1. The molecule has 0 amide bonds. The molecule has 0 aliphatic rings. The van der Waals surface area contributed by atoms with Crippen LogP contribution in [-0.4, -0.2) is 12.0 Å². The van der Waals surface area contributed by atoms with E-state index < -0.39 is 4.92 Å². The molecule has 0 atom stereocenters. The molecule has 0 radical (unpaired) electrons. The maximum atomic E-state index is 11.0. The van der Waals surface area contributed by atoms with Crippen LogP contribution in [-0.2, 0) is 6.61 Å². The van der Waals surface area contributed by atoms with E-state index in [-0.39, 0.29) is 12.3 Å². The lowest BCUT2D eigenvalue weighted by Crippen LogP contribution is -2.00. The van der Waals surface area contributed by atoms with E-state index in [1.165, 1.54) is 6.07 Å². The number of benzene rings is 2. The molecular weight excluding hydrogens is 324 g/mol. The molecule has 0 bridgehead atoms. The van der Waals surface area contributed by atoms with Gasteiger partial charge in [-0.1, -0.05) is 15.9 Å². The first kappa shape index (κ1) is 14.3. The van der Waals surface area contributed by atoms with Crippen LogP contribution in [0.2, 0.25) is 0 Å². The van der Waals surface area contributed by atoms with Gasteiger partial charge in [0.2, 0.25) is 0 Å². The van der Waals surface area contributed by atoms with Gasteiger partial charge in [0.05, 0.1) is 10.5 Å². The highest BCUT2D eigenvalue weighted by Crippen LogP contribution is 2.25. The van der Waals surface area contributed by atoms with E-state index in [0.29, 0.717) is 15.8 Å². The second-order valence-corrected chi connectivity index (χ2v) is 5.01. The SMILES string of the molecule is CNc1ccc(OCc2ccc(Br)cc2[N+](=O)[O-])cc1. The maximum Gasteiger partial charge on any atom is 0.277 e. The number of rotatable bonds is 5. The number of halogens is 1. The van der Waals surface area contributed by atoms with Crippen LogP contribution in [0.4, 0.5) is 11.4 Å². The average Bonchev–Trinajstić information content (AvgIpc) is 2.46. The minimum absolute atomic E-state index is 0.0474. The molecule has 6 heteroatoms. The molecule has 0 aliphatic heterocycles. The van der Waals surface area contributed by atoms with Crippen LogP contribution in [0.3, 0.4) is 0 Å². The van der Waals surface area contributed by atoms with Gasteiger partial charge in [-0.3, -0.25) is 10.1 Å². The molecule has 2 rings (SSSR count). The first-order valence-electron chi connectivity index (χ1n) is 5.93. The first-order chi connectivity index (χ1) is 9.60. The van der Waals surface area contributed by atoms with Crippen molar-refractivity contribution in [1.82, 2.24) is 0 Å². The molecule has 5 nitrogen and oxygen atoms in total. The monoisotopic (exact) mass is 336 g/mol. The second kappa shape index (κ2) is 6.38. The summed E-state index contributed by atoms with van der Waals surface area (Å²) in [6, 6.07) is 12.3. The Morgan fingerprint density at radius 2 is 1.95 bits per heavy atom. The number of anilines is 1. The van der Waals surface area contributed by atoms with Gasteiger partial charge in [0.15, 0.2) is 0 Å². The average molecular weight is 337 g/mol. The van der Waals surface area contributed by atoms with Crippen molar-refractivity contribution in [1.29, 1.82) is 0 Å². The highest BCUT2D eigenvalue weighted by Gasteiger charge is 2.14. The largest absolute Gasteiger partial charge is 0.489 e. The molecule has 0 unspecified atom stereocenters. The zero-order chi connectivity index (χ0) is 14.5. The van der Waals surface area contributed by atoms with Crippen molar-refractivity contribution in [2.75, 3.05) is 12.4 Å². The molecule has 0 spiro atoms. The Hall–Kier alpha value is -2.08. The minimum atomic E-state index is -0.409. The van der Waals surface area contributed by atoms with Gasteiger partial charge < -0.3 is 10.1 Å². The first-order valence-corrected chi connectivity index (χ1v) is 6.73. The highest BCUT2D eigenvalue weighted by molar-refractivity contribution is 9.10. The fourth-order valence-electron chi connectivity index (χ4n) is 1.71. The molecule has 0 aromatic heterocycles. The number of nitrogens with zero attached hydrogens (tertiary/aromatic N) is 1. The number of nitro benzene ring substituents is 1. The molecule has 0 saturated heterocycles. The Morgan fingerprint density at radius 3 is 2.55 bits per heavy atom. The van der Waals surface area contributed by atoms with Crippen molar-refractivity contribution in [3.63, 3.8) is 0 Å². The van der Waals surface area contributed by atoms with Gasteiger partial charge in [0, 0.05) is 23.3 Å². The number of nitro groups is 1. The molecule has 104 valence electrons. The van der Waals surface area contributed by atoms with Crippen molar-refractivity contribution in [3.8, 4) is 5.75 Å². The van der Waals surface area contributed by atoms with E-state index in [1.807, 2.05) is 31.3 Å². The zero-order valence-electron chi connectivity index (χ0n) is 10.8. The van der Waals surface area contributed by atoms with Crippen molar-refractivity contribution < 1.29 is 9.66 Å². The van der Waals surface area contributed by atoms with Crippen LogP contribution in [0, 0.1) is 10.1 Å². The molecule has 2 aromatic carbocycles.